The fourth-order valence-corrected chi connectivity index (χ4v) is 6.55. The van der Waals surface area contributed by atoms with Crippen LogP contribution in [0.3, 0.4) is 0 Å². The van der Waals surface area contributed by atoms with Crippen LogP contribution in [0.1, 0.15) is 51.4 Å². The van der Waals surface area contributed by atoms with Crippen LogP contribution in [0.15, 0.2) is 46.9 Å². The number of aryl methyl sites for hydroxylation is 1. The number of nitrogens with zero attached hydrogens (tertiary/aromatic N) is 1. The molecule has 3 nitrogen and oxygen atoms in total. The number of rotatable bonds is 4. The molecule has 1 aromatic heterocycles. The van der Waals surface area contributed by atoms with Crippen LogP contribution in [-0.2, 0) is 6.54 Å². The Kier molecular flexibility index (Phi) is 4.52. The van der Waals surface area contributed by atoms with Crippen molar-refractivity contribution in [1.82, 2.24) is 4.90 Å². The molecule has 3 aromatic rings. The third-order valence-corrected chi connectivity index (χ3v) is 7.23. The van der Waals surface area contributed by atoms with Crippen molar-refractivity contribution in [3.63, 3.8) is 0 Å². The lowest BCUT2D eigenvalue weighted by atomic mass is 9.65. The molecule has 2 bridgehead atoms. The van der Waals surface area contributed by atoms with Crippen LogP contribution >= 0.6 is 0 Å². The van der Waals surface area contributed by atoms with Crippen LogP contribution in [0.25, 0.3) is 22.1 Å². The van der Waals surface area contributed by atoms with E-state index in [9.17, 15) is 0 Å². The topological polar surface area (TPSA) is 25.6 Å². The van der Waals surface area contributed by atoms with Gasteiger partial charge in [-0.25, -0.2) is 0 Å². The minimum Gasteiger partial charge on any atom is -0.496 e. The Bertz CT molecular complexity index is 1080. The van der Waals surface area contributed by atoms with Gasteiger partial charge in [-0.15, -0.1) is 0 Å². The zero-order valence-corrected chi connectivity index (χ0v) is 18.9. The number of methoxy groups -OCH3 is 1. The van der Waals surface area contributed by atoms with Gasteiger partial charge in [-0.1, -0.05) is 51.1 Å². The van der Waals surface area contributed by atoms with Crippen LogP contribution in [-0.4, -0.2) is 24.6 Å². The van der Waals surface area contributed by atoms with Gasteiger partial charge in [0, 0.05) is 35.6 Å². The third-order valence-electron chi connectivity index (χ3n) is 7.23. The van der Waals surface area contributed by atoms with Gasteiger partial charge < -0.3 is 9.15 Å². The summed E-state index contributed by atoms with van der Waals surface area (Å²) in [6.07, 6.45) is 3.92. The molecule has 1 saturated carbocycles. The molecule has 2 aromatic carbocycles. The Hall–Kier alpha value is -2.26. The highest BCUT2D eigenvalue weighted by atomic mass is 16.5. The molecule has 2 heterocycles. The molecule has 0 spiro atoms. The molecule has 0 N–H and O–H groups in total. The van der Waals surface area contributed by atoms with Crippen molar-refractivity contribution in [1.29, 1.82) is 0 Å². The van der Waals surface area contributed by atoms with Gasteiger partial charge in [-0.2, -0.15) is 0 Å². The zero-order valence-electron chi connectivity index (χ0n) is 18.9. The van der Waals surface area contributed by atoms with Crippen LogP contribution in [0, 0.1) is 17.8 Å². The Balaban J connectivity index is 1.52. The number of benzene rings is 2. The van der Waals surface area contributed by atoms with Gasteiger partial charge in [0.15, 0.2) is 0 Å². The summed E-state index contributed by atoms with van der Waals surface area (Å²) in [7, 11) is 1.78. The second kappa shape index (κ2) is 6.88. The summed E-state index contributed by atoms with van der Waals surface area (Å²) in [5.74, 6) is 1.92. The van der Waals surface area contributed by atoms with Crippen LogP contribution < -0.4 is 4.74 Å². The van der Waals surface area contributed by atoms with Crippen molar-refractivity contribution in [3.8, 4) is 16.9 Å². The van der Waals surface area contributed by atoms with Crippen molar-refractivity contribution >= 4 is 11.0 Å². The van der Waals surface area contributed by atoms with Crippen molar-refractivity contribution in [3.05, 3.63) is 53.8 Å². The summed E-state index contributed by atoms with van der Waals surface area (Å²) in [5.41, 5.74) is 5.41. The Morgan fingerprint density at radius 1 is 1.10 bits per heavy atom. The maximum Gasteiger partial charge on any atom is 0.135 e. The van der Waals surface area contributed by atoms with E-state index in [4.69, 9.17) is 9.15 Å². The Morgan fingerprint density at radius 2 is 1.87 bits per heavy atom. The van der Waals surface area contributed by atoms with Gasteiger partial charge in [0.05, 0.1) is 7.11 Å². The average Bonchev–Trinajstić information content (AvgIpc) is 3.12. The second-order valence-corrected chi connectivity index (χ2v) is 10.7. The maximum atomic E-state index is 6.22. The summed E-state index contributed by atoms with van der Waals surface area (Å²) in [6, 6.07) is 15.5. The molecule has 0 radical (unpaired) electrons. The highest BCUT2D eigenvalue weighted by molar-refractivity contribution is 5.97. The predicted molar refractivity (Wildman–Crippen MR) is 123 cm³/mol. The predicted octanol–water partition coefficient (Wildman–Crippen LogP) is 6.82. The summed E-state index contributed by atoms with van der Waals surface area (Å²) >= 11 is 0. The number of fused-ring (bicyclic) bond motifs is 3. The number of hydrogen-bond acceptors (Lipinski definition) is 3. The first kappa shape index (κ1) is 19.7. The van der Waals surface area contributed by atoms with E-state index in [1.165, 1.54) is 42.5 Å². The van der Waals surface area contributed by atoms with E-state index in [-0.39, 0.29) is 0 Å². The number of ether oxygens (including phenoxy) is 1. The molecule has 1 aliphatic heterocycles. The quantitative estimate of drug-likeness (QED) is 0.478. The van der Waals surface area contributed by atoms with Crippen molar-refractivity contribution in [2.75, 3.05) is 13.7 Å². The summed E-state index contributed by atoms with van der Waals surface area (Å²) < 4.78 is 12.1. The highest BCUT2D eigenvalue weighted by Gasteiger charge is 2.49. The molecule has 30 heavy (non-hydrogen) atoms. The third kappa shape index (κ3) is 3.33. The Morgan fingerprint density at radius 3 is 2.60 bits per heavy atom. The lowest BCUT2D eigenvalue weighted by molar-refractivity contribution is 0.126. The highest BCUT2D eigenvalue weighted by Crippen LogP contribution is 2.53. The molecule has 2 atom stereocenters. The van der Waals surface area contributed by atoms with Gasteiger partial charge in [0.1, 0.15) is 17.1 Å². The molecular weight excluding hydrogens is 370 g/mol. The van der Waals surface area contributed by atoms with Crippen molar-refractivity contribution in [2.24, 2.45) is 10.8 Å². The Labute approximate surface area is 180 Å². The first-order valence-electron chi connectivity index (χ1n) is 11.2. The lowest BCUT2D eigenvalue weighted by Crippen LogP contribution is -2.34. The maximum absolute atomic E-state index is 6.22. The SMILES string of the molecule is COc1cc2c(-c3ccccc3)c(C)oc2cc1CN1CC2(C)CC1CC(C)(C)C2. The largest absolute Gasteiger partial charge is 0.496 e. The number of furan rings is 1. The van der Waals surface area contributed by atoms with E-state index in [0.717, 1.165) is 29.0 Å². The number of hydrogen-bond donors (Lipinski definition) is 0. The summed E-state index contributed by atoms with van der Waals surface area (Å²) in [4.78, 5) is 2.69. The standard InChI is InChI=1S/C27H33NO2/c1-18-25(19-9-7-6-8-10-19)22-12-23(29-5)20(11-24(22)30-18)15-28-17-27(4)14-21(28)13-26(2,3)16-27/h6-12,21H,13-17H2,1-5H3. The van der Waals surface area contributed by atoms with Gasteiger partial charge in [0.25, 0.3) is 0 Å². The first-order valence-corrected chi connectivity index (χ1v) is 11.2. The van der Waals surface area contributed by atoms with Crippen molar-refractivity contribution < 1.29 is 9.15 Å². The average molecular weight is 404 g/mol. The molecule has 1 saturated heterocycles. The minimum atomic E-state index is 0.434. The fourth-order valence-electron chi connectivity index (χ4n) is 6.55. The normalized spacial score (nSPS) is 25.7. The van der Waals surface area contributed by atoms with E-state index in [0.29, 0.717) is 16.9 Å². The summed E-state index contributed by atoms with van der Waals surface area (Å²) in [5, 5.41) is 1.13. The molecule has 1 aliphatic carbocycles. The molecule has 5 rings (SSSR count). The molecule has 3 heteroatoms. The number of likely N-dealkylation sites (tertiary alicyclic amines) is 1. The minimum absolute atomic E-state index is 0.434. The monoisotopic (exact) mass is 403 g/mol. The smallest absolute Gasteiger partial charge is 0.135 e. The summed E-state index contributed by atoms with van der Waals surface area (Å²) in [6.45, 7) is 11.5. The fraction of sp³-hybridized carbons (Fsp3) is 0.481. The van der Waals surface area contributed by atoms with Gasteiger partial charge >= 0.3 is 0 Å². The van der Waals surface area contributed by atoms with E-state index >= 15 is 0 Å². The molecule has 2 unspecified atom stereocenters. The van der Waals surface area contributed by atoms with Gasteiger partial charge in [0.2, 0.25) is 0 Å². The van der Waals surface area contributed by atoms with Gasteiger partial charge in [-0.3, -0.25) is 4.90 Å². The lowest BCUT2D eigenvalue weighted by Gasteiger charge is -2.40. The van der Waals surface area contributed by atoms with E-state index in [1.807, 2.05) is 6.07 Å². The van der Waals surface area contributed by atoms with Crippen LogP contribution in [0.4, 0.5) is 0 Å². The van der Waals surface area contributed by atoms with E-state index in [1.54, 1.807) is 7.11 Å². The molecule has 158 valence electrons. The molecule has 2 fully saturated rings. The second-order valence-electron chi connectivity index (χ2n) is 10.7. The van der Waals surface area contributed by atoms with Crippen molar-refractivity contribution in [2.45, 2.75) is 59.5 Å². The van der Waals surface area contributed by atoms with Gasteiger partial charge in [-0.05, 0) is 54.7 Å². The van der Waals surface area contributed by atoms with E-state index < -0.39 is 0 Å². The molecular formula is C27H33NO2. The molecule has 2 aliphatic rings. The zero-order chi connectivity index (χ0) is 21.1. The van der Waals surface area contributed by atoms with E-state index in [2.05, 4.69) is 69.0 Å². The first-order chi connectivity index (χ1) is 14.3. The van der Waals surface area contributed by atoms with Crippen LogP contribution in [0.2, 0.25) is 0 Å². The molecule has 0 amide bonds. The van der Waals surface area contributed by atoms with Crippen LogP contribution in [0.5, 0.6) is 5.75 Å².